The van der Waals surface area contributed by atoms with Gasteiger partial charge in [0.05, 0.1) is 18.8 Å². The molecule has 0 aliphatic carbocycles. The van der Waals surface area contributed by atoms with Crippen molar-refractivity contribution in [1.29, 1.82) is 0 Å². The van der Waals surface area contributed by atoms with E-state index >= 15 is 0 Å². The zero-order valence-corrected chi connectivity index (χ0v) is 17.3. The third-order valence-corrected chi connectivity index (χ3v) is 7.63. The maximum absolute atomic E-state index is 13.0. The van der Waals surface area contributed by atoms with Crippen LogP contribution >= 0.6 is 27.3 Å². The molecule has 0 unspecified atom stereocenters. The molecule has 1 aliphatic rings. The molecule has 0 radical (unpaired) electrons. The number of amides is 1. The second-order valence-electron chi connectivity index (χ2n) is 5.78. The zero-order chi connectivity index (χ0) is 20.5. The number of rotatable bonds is 4. The van der Waals surface area contributed by atoms with Crippen LogP contribution in [-0.2, 0) is 20.9 Å². The van der Waals surface area contributed by atoms with Gasteiger partial charge in [0.25, 0.3) is 5.91 Å². The van der Waals surface area contributed by atoms with Crippen LogP contribution in [0.1, 0.15) is 15.2 Å². The lowest BCUT2D eigenvalue weighted by Crippen LogP contribution is -2.41. The van der Waals surface area contributed by atoms with Gasteiger partial charge in [-0.2, -0.15) is 17.5 Å². The molecule has 1 amide bonds. The summed E-state index contributed by atoms with van der Waals surface area (Å²) in [4.78, 5) is 12.3. The van der Waals surface area contributed by atoms with Crippen LogP contribution in [0.3, 0.4) is 0 Å². The van der Waals surface area contributed by atoms with E-state index in [0.717, 1.165) is 23.5 Å². The fourth-order valence-electron chi connectivity index (χ4n) is 2.60. The number of halogens is 4. The van der Waals surface area contributed by atoms with Gasteiger partial charge in [-0.1, -0.05) is 15.9 Å². The number of benzene rings is 1. The molecule has 2 heterocycles. The molecule has 0 atom stereocenters. The number of ether oxygens (including phenoxy) is 1. The van der Waals surface area contributed by atoms with E-state index in [4.69, 9.17) is 4.74 Å². The van der Waals surface area contributed by atoms with Crippen LogP contribution < -0.4 is 5.32 Å². The molecule has 6 nitrogen and oxygen atoms in total. The van der Waals surface area contributed by atoms with Gasteiger partial charge >= 0.3 is 6.18 Å². The van der Waals surface area contributed by atoms with Crippen molar-refractivity contribution in [1.82, 2.24) is 4.31 Å². The number of hydrogen-bond donors (Lipinski definition) is 1. The normalized spacial score (nSPS) is 16.1. The molecule has 0 saturated carbocycles. The third-order valence-electron chi connectivity index (χ3n) is 3.95. The largest absolute Gasteiger partial charge is 0.417 e. The summed E-state index contributed by atoms with van der Waals surface area (Å²) < 4.78 is 70.9. The summed E-state index contributed by atoms with van der Waals surface area (Å²) in [6, 6.07) is 4.55. The highest BCUT2D eigenvalue weighted by Crippen LogP contribution is 2.36. The SMILES string of the molecule is O=C(Nc1ccc(Br)c(C(F)(F)F)c1)c1sccc1S(=O)(=O)N1CCOCC1. The van der Waals surface area contributed by atoms with E-state index < -0.39 is 27.7 Å². The van der Waals surface area contributed by atoms with Crippen molar-refractivity contribution in [3.63, 3.8) is 0 Å². The van der Waals surface area contributed by atoms with Gasteiger partial charge in [0.1, 0.15) is 9.77 Å². The zero-order valence-electron chi connectivity index (χ0n) is 14.1. The van der Waals surface area contributed by atoms with Crippen LogP contribution in [0.2, 0.25) is 0 Å². The molecule has 1 saturated heterocycles. The maximum atomic E-state index is 13.0. The predicted octanol–water partition coefficient (Wildman–Crippen LogP) is 3.80. The third kappa shape index (κ3) is 4.40. The summed E-state index contributed by atoms with van der Waals surface area (Å²) in [6.45, 7) is 0.843. The fraction of sp³-hybridized carbons (Fsp3) is 0.312. The van der Waals surface area contributed by atoms with Crippen LogP contribution in [0.5, 0.6) is 0 Å². The lowest BCUT2D eigenvalue weighted by atomic mass is 10.2. The molecule has 1 fully saturated rings. The Morgan fingerprint density at radius 3 is 2.54 bits per heavy atom. The van der Waals surface area contributed by atoms with Crippen molar-refractivity contribution in [2.45, 2.75) is 11.1 Å². The number of morpholine rings is 1. The van der Waals surface area contributed by atoms with Gasteiger partial charge in [-0.3, -0.25) is 4.79 Å². The molecular formula is C16H14BrF3N2O4S2. The number of nitrogens with one attached hydrogen (secondary N) is 1. The summed E-state index contributed by atoms with van der Waals surface area (Å²) >= 11 is 3.73. The molecule has 2 aromatic rings. The summed E-state index contributed by atoms with van der Waals surface area (Å²) in [5.41, 5.74) is -1.04. The summed E-state index contributed by atoms with van der Waals surface area (Å²) in [6.07, 6.45) is -4.60. The van der Waals surface area contributed by atoms with Crippen molar-refractivity contribution < 1.29 is 31.1 Å². The van der Waals surface area contributed by atoms with Gasteiger partial charge in [-0.15, -0.1) is 11.3 Å². The molecule has 152 valence electrons. The van der Waals surface area contributed by atoms with Crippen LogP contribution in [0.4, 0.5) is 18.9 Å². The average molecular weight is 499 g/mol. The molecule has 3 rings (SSSR count). The fourth-order valence-corrected chi connectivity index (χ4v) is 5.78. The Balaban J connectivity index is 1.87. The van der Waals surface area contributed by atoms with E-state index in [1.165, 1.54) is 21.8 Å². The van der Waals surface area contributed by atoms with Gasteiger partial charge < -0.3 is 10.1 Å². The van der Waals surface area contributed by atoms with E-state index in [9.17, 15) is 26.4 Å². The number of alkyl halides is 3. The Labute approximate surface area is 171 Å². The van der Waals surface area contributed by atoms with E-state index in [-0.39, 0.29) is 46.2 Å². The second-order valence-corrected chi connectivity index (χ2v) is 9.45. The topological polar surface area (TPSA) is 75.7 Å². The van der Waals surface area contributed by atoms with E-state index in [1.54, 1.807) is 0 Å². The Kier molecular flexibility index (Phi) is 6.15. The van der Waals surface area contributed by atoms with Crippen molar-refractivity contribution in [2.24, 2.45) is 0 Å². The average Bonchev–Trinajstić information content (AvgIpc) is 3.14. The van der Waals surface area contributed by atoms with Crippen molar-refractivity contribution >= 4 is 48.9 Å². The maximum Gasteiger partial charge on any atom is 0.417 e. The first kappa shape index (κ1) is 21.2. The number of anilines is 1. The van der Waals surface area contributed by atoms with Gasteiger partial charge in [0.15, 0.2) is 0 Å². The predicted molar refractivity (Wildman–Crippen MR) is 101 cm³/mol. The molecule has 0 spiro atoms. The molecule has 0 bridgehead atoms. The minimum atomic E-state index is -4.60. The highest BCUT2D eigenvalue weighted by atomic mass is 79.9. The lowest BCUT2D eigenvalue weighted by Gasteiger charge is -2.26. The Morgan fingerprint density at radius 1 is 1.21 bits per heavy atom. The summed E-state index contributed by atoms with van der Waals surface area (Å²) in [5.74, 6) is -0.794. The molecule has 1 N–H and O–H groups in total. The smallest absolute Gasteiger partial charge is 0.379 e. The monoisotopic (exact) mass is 498 g/mol. The van der Waals surface area contributed by atoms with Crippen LogP contribution in [0, 0.1) is 0 Å². The molecule has 1 aromatic heterocycles. The highest BCUT2D eigenvalue weighted by Gasteiger charge is 2.34. The van der Waals surface area contributed by atoms with Crippen molar-refractivity contribution in [3.05, 3.63) is 44.6 Å². The minimum Gasteiger partial charge on any atom is -0.379 e. The Morgan fingerprint density at radius 2 is 1.89 bits per heavy atom. The second kappa shape index (κ2) is 8.11. The molecule has 1 aromatic carbocycles. The van der Waals surface area contributed by atoms with Crippen molar-refractivity contribution in [3.8, 4) is 0 Å². The van der Waals surface area contributed by atoms with Crippen LogP contribution in [-0.4, -0.2) is 44.9 Å². The van der Waals surface area contributed by atoms with Crippen LogP contribution in [0.25, 0.3) is 0 Å². The van der Waals surface area contributed by atoms with Gasteiger partial charge in [-0.25, -0.2) is 8.42 Å². The van der Waals surface area contributed by atoms with E-state index in [2.05, 4.69) is 21.2 Å². The Bertz CT molecular complexity index is 986. The quantitative estimate of drug-likeness (QED) is 0.695. The summed E-state index contributed by atoms with van der Waals surface area (Å²) in [5, 5.41) is 3.79. The van der Waals surface area contributed by atoms with Gasteiger partial charge in [0.2, 0.25) is 10.0 Å². The number of hydrogen-bond acceptors (Lipinski definition) is 5. The highest BCUT2D eigenvalue weighted by molar-refractivity contribution is 9.10. The van der Waals surface area contributed by atoms with E-state index in [0.29, 0.717) is 0 Å². The number of carbonyl (C=O) groups is 1. The number of carbonyl (C=O) groups excluding carboxylic acids is 1. The standard InChI is InChI=1S/C16H14BrF3N2O4S2/c17-12-2-1-10(9-11(12)16(18,19)20)21-15(23)14-13(3-8-27-14)28(24,25)22-4-6-26-7-5-22/h1-3,8-9H,4-7H2,(H,21,23). The first-order valence-electron chi connectivity index (χ1n) is 7.94. The Hall–Kier alpha value is -1.47. The van der Waals surface area contributed by atoms with Gasteiger partial charge in [0, 0.05) is 23.2 Å². The van der Waals surface area contributed by atoms with Gasteiger partial charge in [-0.05, 0) is 29.6 Å². The van der Waals surface area contributed by atoms with Crippen molar-refractivity contribution in [2.75, 3.05) is 31.6 Å². The molecule has 1 aliphatic heterocycles. The molecule has 28 heavy (non-hydrogen) atoms. The van der Waals surface area contributed by atoms with Crippen LogP contribution in [0.15, 0.2) is 39.0 Å². The minimum absolute atomic E-state index is 0.0938. The number of thiophene rings is 1. The lowest BCUT2D eigenvalue weighted by molar-refractivity contribution is -0.138. The van der Waals surface area contributed by atoms with E-state index in [1.807, 2.05) is 0 Å². The summed E-state index contributed by atoms with van der Waals surface area (Å²) in [7, 11) is -3.91. The first-order chi connectivity index (χ1) is 13.1. The first-order valence-corrected chi connectivity index (χ1v) is 11.1. The number of sulfonamides is 1. The molecule has 12 heteroatoms. The number of nitrogens with zero attached hydrogens (tertiary/aromatic N) is 1. The molecular weight excluding hydrogens is 485 g/mol.